The maximum absolute atomic E-state index is 13.2. The molecule has 1 aliphatic heterocycles. The van der Waals surface area contributed by atoms with E-state index in [1.807, 2.05) is 32.0 Å². The van der Waals surface area contributed by atoms with Crippen LogP contribution in [0.2, 0.25) is 0 Å². The number of benzene rings is 2. The number of rotatable bonds is 2. The van der Waals surface area contributed by atoms with Gasteiger partial charge in [0.05, 0.1) is 10.6 Å². The number of carbonyl (C=O) groups is 1. The highest BCUT2D eigenvalue weighted by atomic mass is 32.2. The van der Waals surface area contributed by atoms with Crippen molar-refractivity contribution in [1.82, 2.24) is 5.32 Å². The van der Waals surface area contributed by atoms with Gasteiger partial charge in [0, 0.05) is 0 Å². The Morgan fingerprint density at radius 1 is 1.17 bits per heavy atom. The first-order valence-corrected chi connectivity index (χ1v) is 7.95. The third-order valence-corrected chi connectivity index (χ3v) is 4.28. The number of nitrogens with zero attached hydrogens (tertiary/aromatic N) is 1. The Hall–Kier alpha value is -2.40. The molecule has 1 fully saturated rings. The van der Waals surface area contributed by atoms with Crippen molar-refractivity contribution in [3.05, 3.63) is 69.9 Å². The van der Waals surface area contributed by atoms with Gasteiger partial charge < -0.3 is 5.32 Å². The number of amides is 1. The minimum Gasteiger partial charge on any atom is -0.300 e. The molecule has 116 valence electrons. The van der Waals surface area contributed by atoms with Crippen LogP contribution in [-0.4, -0.2) is 11.1 Å². The number of halogens is 1. The lowest BCUT2D eigenvalue weighted by atomic mass is 10.1. The van der Waals surface area contributed by atoms with Gasteiger partial charge in [0.15, 0.2) is 5.17 Å². The van der Waals surface area contributed by atoms with E-state index >= 15 is 0 Å². The largest absolute Gasteiger partial charge is 0.300 e. The first kappa shape index (κ1) is 15.5. The van der Waals surface area contributed by atoms with Gasteiger partial charge in [0.1, 0.15) is 5.82 Å². The zero-order valence-electron chi connectivity index (χ0n) is 12.8. The topological polar surface area (TPSA) is 41.5 Å². The van der Waals surface area contributed by atoms with Crippen molar-refractivity contribution in [3.8, 4) is 0 Å². The summed E-state index contributed by atoms with van der Waals surface area (Å²) < 4.78 is 13.2. The van der Waals surface area contributed by atoms with Crippen molar-refractivity contribution in [2.75, 3.05) is 0 Å². The quantitative estimate of drug-likeness (QED) is 0.834. The van der Waals surface area contributed by atoms with Crippen LogP contribution in [-0.2, 0) is 4.79 Å². The van der Waals surface area contributed by atoms with Crippen LogP contribution in [0.1, 0.15) is 16.7 Å². The van der Waals surface area contributed by atoms with E-state index in [1.54, 1.807) is 18.2 Å². The molecule has 0 unspecified atom stereocenters. The smallest absolute Gasteiger partial charge is 0.264 e. The first-order valence-electron chi connectivity index (χ1n) is 7.14. The normalized spacial score (nSPS) is 17.8. The van der Waals surface area contributed by atoms with Crippen LogP contribution in [0.25, 0.3) is 6.08 Å². The van der Waals surface area contributed by atoms with Crippen LogP contribution in [0, 0.1) is 19.7 Å². The van der Waals surface area contributed by atoms with Crippen LogP contribution < -0.4 is 5.32 Å². The number of carbonyl (C=O) groups excluding carboxylic acids is 1. The zero-order valence-corrected chi connectivity index (χ0v) is 13.6. The second kappa shape index (κ2) is 6.38. The predicted molar refractivity (Wildman–Crippen MR) is 93.1 cm³/mol. The van der Waals surface area contributed by atoms with Crippen LogP contribution in [0.5, 0.6) is 0 Å². The van der Waals surface area contributed by atoms with Gasteiger partial charge >= 0.3 is 0 Å². The number of hydrogen-bond acceptors (Lipinski definition) is 3. The van der Waals surface area contributed by atoms with Gasteiger partial charge in [0.25, 0.3) is 5.91 Å². The molecule has 1 amide bonds. The fourth-order valence-electron chi connectivity index (χ4n) is 2.27. The summed E-state index contributed by atoms with van der Waals surface area (Å²) in [6.07, 6.45) is 1.66. The first-order chi connectivity index (χ1) is 11.0. The number of nitrogens with one attached hydrogen (secondary N) is 1. The van der Waals surface area contributed by atoms with Crippen LogP contribution in [0.15, 0.2) is 52.4 Å². The van der Waals surface area contributed by atoms with E-state index in [-0.39, 0.29) is 11.7 Å². The van der Waals surface area contributed by atoms with Crippen molar-refractivity contribution in [2.24, 2.45) is 4.99 Å². The van der Waals surface area contributed by atoms with Gasteiger partial charge in [-0.1, -0.05) is 29.8 Å². The molecule has 0 aliphatic carbocycles. The van der Waals surface area contributed by atoms with E-state index < -0.39 is 0 Å². The van der Waals surface area contributed by atoms with Crippen LogP contribution in [0.3, 0.4) is 0 Å². The number of thioether (sulfide) groups is 1. The summed E-state index contributed by atoms with van der Waals surface area (Å²) >= 11 is 1.26. The summed E-state index contributed by atoms with van der Waals surface area (Å²) in [4.78, 5) is 17.0. The minimum atomic E-state index is -0.327. The van der Waals surface area contributed by atoms with E-state index in [0.717, 1.165) is 11.3 Å². The summed E-state index contributed by atoms with van der Waals surface area (Å²) in [5.41, 5.74) is 3.69. The highest BCUT2D eigenvalue weighted by molar-refractivity contribution is 8.18. The molecule has 0 bridgehead atoms. The maximum atomic E-state index is 13.2. The van der Waals surface area contributed by atoms with E-state index in [9.17, 15) is 9.18 Å². The van der Waals surface area contributed by atoms with E-state index in [1.165, 1.54) is 29.5 Å². The Bertz CT molecular complexity index is 843. The Morgan fingerprint density at radius 2 is 2.00 bits per heavy atom. The molecule has 5 heteroatoms. The molecule has 1 aliphatic rings. The van der Waals surface area contributed by atoms with Crippen molar-refractivity contribution in [2.45, 2.75) is 13.8 Å². The Labute approximate surface area is 138 Å². The lowest BCUT2D eigenvalue weighted by molar-refractivity contribution is -0.115. The molecule has 2 aromatic carbocycles. The molecule has 0 aromatic heterocycles. The Balaban J connectivity index is 1.86. The molecule has 23 heavy (non-hydrogen) atoms. The Morgan fingerprint density at radius 3 is 2.74 bits per heavy atom. The Kier molecular flexibility index (Phi) is 4.30. The molecular weight excluding hydrogens is 311 g/mol. The van der Waals surface area contributed by atoms with Gasteiger partial charge in [-0.25, -0.2) is 9.38 Å². The predicted octanol–water partition coefficient (Wildman–Crippen LogP) is 4.33. The minimum absolute atomic E-state index is 0.220. The molecule has 2 aromatic rings. The number of aryl methyl sites for hydroxylation is 2. The average Bonchev–Trinajstić information content (AvgIpc) is 2.82. The molecule has 0 spiro atoms. The van der Waals surface area contributed by atoms with Gasteiger partial charge in [-0.15, -0.1) is 0 Å². The fraction of sp³-hybridized carbons (Fsp3) is 0.111. The van der Waals surface area contributed by atoms with Gasteiger partial charge in [0.2, 0.25) is 0 Å². The summed E-state index contributed by atoms with van der Waals surface area (Å²) in [6, 6.07) is 12.1. The summed E-state index contributed by atoms with van der Waals surface area (Å²) in [7, 11) is 0. The standard InChI is InChI=1S/C18H15FN2OS/c1-11-6-7-15(12(2)8-11)20-18-21-17(22)16(23-18)10-13-4-3-5-14(19)9-13/h3-10H,1-2H3,(H,20,21,22)/b16-10-. The van der Waals surface area contributed by atoms with Crippen LogP contribution >= 0.6 is 11.8 Å². The molecule has 1 N–H and O–H groups in total. The van der Waals surface area contributed by atoms with Crippen molar-refractivity contribution < 1.29 is 9.18 Å². The third kappa shape index (κ3) is 3.68. The fourth-order valence-corrected chi connectivity index (χ4v) is 3.10. The monoisotopic (exact) mass is 326 g/mol. The van der Waals surface area contributed by atoms with E-state index in [4.69, 9.17) is 0 Å². The highest BCUT2D eigenvalue weighted by Crippen LogP contribution is 2.29. The lowest BCUT2D eigenvalue weighted by Crippen LogP contribution is -2.19. The van der Waals surface area contributed by atoms with Crippen molar-refractivity contribution in [3.63, 3.8) is 0 Å². The number of hydrogen-bond donors (Lipinski definition) is 1. The van der Waals surface area contributed by atoms with Crippen LogP contribution in [0.4, 0.5) is 10.1 Å². The third-order valence-electron chi connectivity index (χ3n) is 3.37. The summed E-state index contributed by atoms with van der Waals surface area (Å²) in [5, 5.41) is 3.27. The average molecular weight is 326 g/mol. The maximum Gasteiger partial charge on any atom is 0.264 e. The molecule has 1 heterocycles. The summed E-state index contributed by atoms with van der Waals surface area (Å²) in [6.45, 7) is 4.01. The van der Waals surface area contributed by atoms with Crippen molar-refractivity contribution >= 4 is 34.6 Å². The van der Waals surface area contributed by atoms with E-state index in [0.29, 0.717) is 15.6 Å². The van der Waals surface area contributed by atoms with Gasteiger partial charge in [-0.3, -0.25) is 4.79 Å². The molecule has 0 saturated carbocycles. The number of amidine groups is 1. The van der Waals surface area contributed by atoms with E-state index in [2.05, 4.69) is 10.3 Å². The zero-order chi connectivity index (χ0) is 16.4. The lowest BCUT2D eigenvalue weighted by Gasteiger charge is -2.02. The second-order valence-corrected chi connectivity index (χ2v) is 6.36. The van der Waals surface area contributed by atoms with Gasteiger partial charge in [-0.2, -0.15) is 0 Å². The highest BCUT2D eigenvalue weighted by Gasteiger charge is 2.23. The molecule has 3 rings (SSSR count). The van der Waals surface area contributed by atoms with Gasteiger partial charge in [-0.05, 0) is 61.0 Å². The SMILES string of the molecule is Cc1ccc(N=C2NC(=O)/C(=C/c3cccc(F)c3)S2)c(C)c1. The molecule has 0 radical (unpaired) electrons. The second-order valence-electron chi connectivity index (χ2n) is 5.33. The molecule has 0 atom stereocenters. The molecule has 1 saturated heterocycles. The molecular formula is C18H15FN2OS. The van der Waals surface area contributed by atoms with Crippen molar-refractivity contribution in [1.29, 1.82) is 0 Å². The number of aliphatic imine (C=N–C) groups is 1. The summed E-state index contributed by atoms with van der Waals surface area (Å²) in [5.74, 6) is -0.547. The molecule has 3 nitrogen and oxygen atoms in total.